The van der Waals surface area contributed by atoms with Gasteiger partial charge in [0.2, 0.25) is 0 Å². The molecule has 9 nitrogen and oxygen atoms in total. The minimum absolute atomic E-state index is 0.161. The first-order chi connectivity index (χ1) is 16.9. The summed E-state index contributed by atoms with van der Waals surface area (Å²) in [5.41, 5.74) is 1.65. The van der Waals surface area contributed by atoms with E-state index in [-0.39, 0.29) is 19.8 Å². The molecular formula is C26H42O9Si. The lowest BCUT2D eigenvalue weighted by molar-refractivity contribution is -0.139. The van der Waals surface area contributed by atoms with Gasteiger partial charge in [-0.25, -0.2) is 14.4 Å². The van der Waals surface area contributed by atoms with Crippen molar-refractivity contribution in [3.63, 3.8) is 0 Å². The van der Waals surface area contributed by atoms with Crippen LogP contribution in [0.3, 0.4) is 0 Å². The van der Waals surface area contributed by atoms with Crippen molar-refractivity contribution < 1.29 is 41.9 Å². The lowest BCUT2D eigenvalue weighted by Gasteiger charge is -2.40. The fraction of sp³-hybridized carbons (Fsp3) is 0.577. The van der Waals surface area contributed by atoms with Crippen LogP contribution in [0.15, 0.2) is 48.7 Å². The minimum atomic E-state index is -3.25. The van der Waals surface area contributed by atoms with Gasteiger partial charge in [0.25, 0.3) is 0 Å². The molecule has 0 aromatic rings. The lowest BCUT2D eigenvalue weighted by Crippen LogP contribution is -2.51. The Hall–Kier alpha value is -2.53. The summed E-state index contributed by atoms with van der Waals surface area (Å²) in [5.74, 6) is -1.41. The predicted molar refractivity (Wildman–Crippen MR) is 139 cm³/mol. The zero-order valence-electron chi connectivity index (χ0n) is 22.4. The quantitative estimate of drug-likeness (QED) is 0.0750. The van der Waals surface area contributed by atoms with Crippen LogP contribution in [0.1, 0.15) is 59.3 Å². The molecule has 0 unspecified atom stereocenters. The first-order valence-electron chi connectivity index (χ1n) is 11.8. The van der Waals surface area contributed by atoms with Crippen molar-refractivity contribution in [3.8, 4) is 0 Å². The monoisotopic (exact) mass is 526 g/mol. The Morgan fingerprint density at radius 2 is 1.00 bits per heavy atom. The molecule has 0 saturated heterocycles. The highest BCUT2D eigenvalue weighted by Gasteiger charge is 2.45. The van der Waals surface area contributed by atoms with Gasteiger partial charge in [0.1, 0.15) is 0 Å². The number of carbonyl (C=O) groups is 3. The molecule has 0 radical (unpaired) electrons. The molecule has 10 heteroatoms. The summed E-state index contributed by atoms with van der Waals surface area (Å²) in [5, 5.41) is 0. The van der Waals surface area contributed by atoms with Gasteiger partial charge in [-0.15, -0.1) is 0 Å². The molecule has 36 heavy (non-hydrogen) atoms. The molecule has 0 heterocycles. The largest absolute Gasteiger partial charge is 0.528 e. The van der Waals surface area contributed by atoms with Crippen molar-refractivity contribution in [1.29, 1.82) is 0 Å². The molecule has 0 N–H and O–H groups in total. The fourth-order valence-corrected chi connectivity index (χ4v) is 4.91. The van der Waals surface area contributed by atoms with Gasteiger partial charge >= 0.3 is 26.7 Å². The van der Waals surface area contributed by atoms with Crippen LogP contribution >= 0.6 is 0 Å². The van der Waals surface area contributed by atoms with Gasteiger partial charge in [-0.3, -0.25) is 0 Å². The molecule has 204 valence electrons. The molecule has 0 amide bonds. The van der Waals surface area contributed by atoms with E-state index in [2.05, 4.69) is 26.3 Å². The van der Waals surface area contributed by atoms with Crippen LogP contribution in [-0.4, -0.2) is 66.4 Å². The topological polar surface area (TPSA) is 107 Å². The Morgan fingerprint density at radius 3 is 1.22 bits per heavy atom. The van der Waals surface area contributed by atoms with Gasteiger partial charge < -0.3 is 27.5 Å². The second kappa shape index (κ2) is 17.0. The fourth-order valence-electron chi connectivity index (χ4n) is 3.25. The van der Waals surface area contributed by atoms with E-state index < -0.39 is 32.3 Å². The molecule has 0 fully saturated rings. The molecule has 0 aromatic carbocycles. The number of esters is 3. The molecule has 0 aliphatic heterocycles. The van der Waals surface area contributed by atoms with Crippen molar-refractivity contribution >= 4 is 26.7 Å². The van der Waals surface area contributed by atoms with Crippen molar-refractivity contribution in [1.82, 2.24) is 0 Å². The van der Waals surface area contributed by atoms with E-state index in [0.29, 0.717) is 55.2 Å². The van der Waals surface area contributed by atoms with Crippen molar-refractivity contribution in [2.24, 2.45) is 0 Å². The molecule has 0 bridgehead atoms. The van der Waals surface area contributed by atoms with Gasteiger partial charge in [0, 0.05) is 30.9 Å². The third-order valence-electron chi connectivity index (χ3n) is 5.25. The van der Waals surface area contributed by atoms with Crippen LogP contribution in [-0.2, 0) is 41.9 Å². The SMILES string of the molecule is C=C[Si](OC)(OC)OC(CCCOC(=O)C(=C)C)(CCCOC(=O)C(=C)C)CCCOC(=O)C(=C)C. The smallest absolute Gasteiger partial charge is 0.462 e. The normalized spacial score (nSPS) is 11.4. The second-order valence-corrected chi connectivity index (χ2v) is 11.2. The van der Waals surface area contributed by atoms with Gasteiger partial charge in [-0.2, -0.15) is 0 Å². The minimum Gasteiger partial charge on any atom is -0.462 e. The average Bonchev–Trinajstić information content (AvgIpc) is 2.84. The van der Waals surface area contributed by atoms with E-state index in [0.717, 1.165) is 0 Å². The first-order valence-corrected chi connectivity index (χ1v) is 13.6. The third-order valence-corrected chi connectivity index (χ3v) is 7.61. The molecular weight excluding hydrogens is 484 g/mol. The van der Waals surface area contributed by atoms with Gasteiger partial charge in [-0.05, 0) is 65.0 Å². The molecule has 0 aliphatic rings. The van der Waals surface area contributed by atoms with Crippen molar-refractivity contribution in [3.05, 3.63) is 48.7 Å². The number of ether oxygens (including phenoxy) is 3. The summed E-state index contributed by atoms with van der Waals surface area (Å²) >= 11 is 0. The summed E-state index contributed by atoms with van der Waals surface area (Å²) in [7, 11) is -0.282. The van der Waals surface area contributed by atoms with Gasteiger partial charge in [0.05, 0.1) is 25.4 Å². The first kappa shape index (κ1) is 33.5. The summed E-state index contributed by atoms with van der Waals surface area (Å²) in [6, 6.07) is 0. The van der Waals surface area contributed by atoms with Gasteiger partial charge in [0.15, 0.2) is 0 Å². The Morgan fingerprint density at radius 1 is 0.694 bits per heavy atom. The Kier molecular flexibility index (Phi) is 15.8. The van der Waals surface area contributed by atoms with E-state index in [1.807, 2.05) is 0 Å². The lowest BCUT2D eigenvalue weighted by atomic mass is 9.88. The molecule has 0 rings (SSSR count). The maximum absolute atomic E-state index is 11.8. The molecule has 0 spiro atoms. The maximum Gasteiger partial charge on any atom is 0.528 e. The highest BCUT2D eigenvalue weighted by atomic mass is 28.4. The van der Waals surface area contributed by atoms with E-state index in [1.165, 1.54) is 19.9 Å². The van der Waals surface area contributed by atoms with Crippen LogP contribution in [0.2, 0.25) is 0 Å². The number of hydrogen-bond acceptors (Lipinski definition) is 9. The summed E-state index contributed by atoms with van der Waals surface area (Å²) in [6.07, 6.45) is 2.83. The zero-order chi connectivity index (χ0) is 27.8. The van der Waals surface area contributed by atoms with Crippen molar-refractivity contribution in [2.75, 3.05) is 34.0 Å². The van der Waals surface area contributed by atoms with E-state index in [9.17, 15) is 14.4 Å². The van der Waals surface area contributed by atoms with Crippen LogP contribution < -0.4 is 0 Å². The summed E-state index contributed by atoms with van der Waals surface area (Å²) < 4.78 is 33.5. The van der Waals surface area contributed by atoms with Crippen LogP contribution in [0.25, 0.3) is 0 Å². The Labute approximate surface area is 216 Å². The third kappa shape index (κ3) is 12.4. The van der Waals surface area contributed by atoms with Crippen molar-refractivity contribution in [2.45, 2.75) is 64.9 Å². The highest BCUT2D eigenvalue weighted by molar-refractivity contribution is 6.66. The zero-order valence-corrected chi connectivity index (χ0v) is 23.4. The standard InChI is InChI=1S/C26H42O9Si/c1-10-36(30-8,31-9)35-26(14-11-17-32-23(27)20(2)3,15-12-18-33-24(28)21(4)5)16-13-19-34-25(29)22(6)7/h10H,1-2,4,6,11-19H2,3,5,7-9H3. The maximum atomic E-state index is 11.8. The van der Waals surface area contributed by atoms with Crippen LogP contribution in [0.4, 0.5) is 0 Å². The second-order valence-electron chi connectivity index (χ2n) is 8.56. The number of hydrogen-bond donors (Lipinski definition) is 0. The summed E-state index contributed by atoms with van der Waals surface area (Å²) in [4.78, 5) is 35.4. The highest BCUT2D eigenvalue weighted by Crippen LogP contribution is 2.34. The van der Waals surface area contributed by atoms with E-state index in [1.54, 1.807) is 20.8 Å². The number of carbonyl (C=O) groups excluding carboxylic acids is 3. The van der Waals surface area contributed by atoms with E-state index >= 15 is 0 Å². The van der Waals surface area contributed by atoms with E-state index in [4.69, 9.17) is 27.5 Å². The molecule has 0 aliphatic carbocycles. The summed E-state index contributed by atoms with van der Waals surface area (Å²) in [6.45, 7) is 19.8. The Bertz CT molecular complexity index is 716. The predicted octanol–water partition coefficient (Wildman–Crippen LogP) is 4.40. The molecule has 0 atom stereocenters. The molecule has 0 aromatic heterocycles. The van der Waals surface area contributed by atoms with Gasteiger partial charge in [-0.1, -0.05) is 26.3 Å². The Balaban J connectivity index is 5.68. The van der Waals surface area contributed by atoms with Crippen LogP contribution in [0.5, 0.6) is 0 Å². The molecule has 0 saturated carbocycles. The van der Waals surface area contributed by atoms with Crippen LogP contribution in [0, 0.1) is 0 Å². The number of rotatable bonds is 20. The average molecular weight is 527 g/mol.